The van der Waals surface area contributed by atoms with E-state index < -0.39 is 5.82 Å². The van der Waals surface area contributed by atoms with Crippen molar-refractivity contribution in [1.29, 1.82) is 5.41 Å². The Balaban J connectivity index is 2.22. The van der Waals surface area contributed by atoms with Crippen molar-refractivity contribution in [1.82, 2.24) is 0 Å². The molecule has 0 unspecified atom stereocenters. The van der Waals surface area contributed by atoms with Crippen molar-refractivity contribution in [3.63, 3.8) is 0 Å². The van der Waals surface area contributed by atoms with Gasteiger partial charge in [0.2, 0.25) is 0 Å². The van der Waals surface area contributed by atoms with Gasteiger partial charge in [0.25, 0.3) is 0 Å². The van der Waals surface area contributed by atoms with Gasteiger partial charge in [-0.15, -0.1) is 0 Å². The zero-order valence-corrected chi connectivity index (χ0v) is 11.0. The molecular formula is C15H15F2N3. The van der Waals surface area contributed by atoms with Crippen LogP contribution in [0.4, 0.5) is 14.5 Å². The third kappa shape index (κ3) is 2.93. The molecule has 2 aromatic rings. The summed E-state index contributed by atoms with van der Waals surface area (Å²) in [7, 11) is 1.69. The highest BCUT2D eigenvalue weighted by atomic mass is 19.1. The van der Waals surface area contributed by atoms with E-state index in [4.69, 9.17) is 11.1 Å². The topological polar surface area (TPSA) is 53.1 Å². The van der Waals surface area contributed by atoms with Crippen LogP contribution in [0.3, 0.4) is 0 Å². The van der Waals surface area contributed by atoms with E-state index in [0.717, 1.165) is 0 Å². The molecule has 5 heteroatoms. The molecule has 0 aliphatic rings. The Morgan fingerprint density at radius 2 is 1.85 bits per heavy atom. The average molecular weight is 275 g/mol. The first-order chi connectivity index (χ1) is 9.49. The van der Waals surface area contributed by atoms with Gasteiger partial charge in [-0.05, 0) is 18.2 Å². The van der Waals surface area contributed by atoms with Gasteiger partial charge in [0.15, 0.2) is 0 Å². The highest BCUT2D eigenvalue weighted by Gasteiger charge is 2.11. The number of nitrogen functional groups attached to an aromatic ring is 1. The SMILES string of the molecule is CN(Cc1ccc(C(=N)N)cc1F)c1ccccc1F. The molecule has 2 aromatic carbocycles. The molecule has 3 nitrogen and oxygen atoms in total. The normalized spacial score (nSPS) is 10.3. The number of halogens is 2. The van der Waals surface area contributed by atoms with Gasteiger partial charge in [0.1, 0.15) is 17.5 Å². The van der Waals surface area contributed by atoms with Crippen LogP contribution in [0.25, 0.3) is 0 Å². The van der Waals surface area contributed by atoms with E-state index in [0.29, 0.717) is 16.8 Å². The van der Waals surface area contributed by atoms with Crippen LogP contribution in [0, 0.1) is 17.0 Å². The van der Waals surface area contributed by atoms with Crippen LogP contribution in [0.5, 0.6) is 0 Å². The first kappa shape index (κ1) is 14.0. The van der Waals surface area contributed by atoms with Gasteiger partial charge < -0.3 is 10.6 Å². The monoisotopic (exact) mass is 275 g/mol. The predicted octanol–water partition coefficient (Wildman–Crippen LogP) is 2.89. The summed E-state index contributed by atoms with van der Waals surface area (Å²) in [5.74, 6) is -0.991. The zero-order chi connectivity index (χ0) is 14.7. The molecule has 0 radical (unpaired) electrons. The van der Waals surface area contributed by atoms with E-state index in [2.05, 4.69) is 0 Å². The smallest absolute Gasteiger partial charge is 0.146 e. The summed E-state index contributed by atoms with van der Waals surface area (Å²) in [4.78, 5) is 1.63. The number of amidine groups is 1. The molecule has 0 saturated heterocycles. The molecule has 20 heavy (non-hydrogen) atoms. The van der Waals surface area contributed by atoms with Crippen molar-refractivity contribution in [2.45, 2.75) is 6.54 Å². The molecule has 2 rings (SSSR count). The molecule has 0 saturated carbocycles. The number of para-hydroxylation sites is 1. The summed E-state index contributed by atoms with van der Waals surface area (Å²) in [6, 6.07) is 10.7. The summed E-state index contributed by atoms with van der Waals surface area (Å²) >= 11 is 0. The molecule has 0 bridgehead atoms. The third-order valence-electron chi connectivity index (χ3n) is 3.04. The number of nitrogens with one attached hydrogen (secondary N) is 1. The fraction of sp³-hybridized carbons (Fsp3) is 0.133. The molecular weight excluding hydrogens is 260 g/mol. The van der Waals surface area contributed by atoms with Crippen molar-refractivity contribution in [3.05, 3.63) is 65.2 Å². The van der Waals surface area contributed by atoms with Crippen molar-refractivity contribution in [2.75, 3.05) is 11.9 Å². The Bertz CT molecular complexity index is 641. The van der Waals surface area contributed by atoms with Gasteiger partial charge in [-0.25, -0.2) is 8.78 Å². The quantitative estimate of drug-likeness (QED) is 0.666. The Hall–Kier alpha value is -2.43. The van der Waals surface area contributed by atoms with Gasteiger partial charge in [0.05, 0.1) is 5.69 Å². The molecule has 0 atom stereocenters. The Kier molecular flexibility index (Phi) is 3.98. The van der Waals surface area contributed by atoms with E-state index >= 15 is 0 Å². The molecule has 0 aliphatic carbocycles. The predicted molar refractivity (Wildman–Crippen MR) is 75.9 cm³/mol. The number of anilines is 1. The second-order valence-corrected chi connectivity index (χ2v) is 4.53. The van der Waals surface area contributed by atoms with E-state index in [1.54, 1.807) is 42.3 Å². The largest absolute Gasteiger partial charge is 0.384 e. The third-order valence-corrected chi connectivity index (χ3v) is 3.04. The molecule has 104 valence electrons. The van der Waals surface area contributed by atoms with Crippen LogP contribution in [0.2, 0.25) is 0 Å². The van der Waals surface area contributed by atoms with E-state index in [1.807, 2.05) is 0 Å². The lowest BCUT2D eigenvalue weighted by Crippen LogP contribution is -2.19. The molecule has 0 aliphatic heterocycles. The lowest BCUT2D eigenvalue weighted by Gasteiger charge is -2.20. The number of rotatable bonds is 4. The number of hydrogen-bond donors (Lipinski definition) is 2. The standard InChI is InChI=1S/C15H15F2N3/c1-20(14-5-3-2-4-12(14)16)9-11-7-6-10(15(18)19)8-13(11)17/h2-8H,9H2,1H3,(H3,18,19). The number of hydrogen-bond acceptors (Lipinski definition) is 2. The molecule has 0 fully saturated rings. The molecule has 0 heterocycles. The highest BCUT2D eigenvalue weighted by molar-refractivity contribution is 5.94. The van der Waals surface area contributed by atoms with E-state index in [-0.39, 0.29) is 18.2 Å². The fourth-order valence-electron chi connectivity index (χ4n) is 1.95. The minimum atomic E-state index is -0.458. The van der Waals surface area contributed by atoms with Crippen molar-refractivity contribution in [2.24, 2.45) is 5.73 Å². The van der Waals surface area contributed by atoms with Crippen molar-refractivity contribution in [3.8, 4) is 0 Å². The lowest BCUT2D eigenvalue weighted by atomic mass is 10.1. The summed E-state index contributed by atoms with van der Waals surface area (Å²) in [5, 5.41) is 7.26. The molecule has 0 spiro atoms. The van der Waals surface area contributed by atoms with Crippen LogP contribution in [0.15, 0.2) is 42.5 Å². The zero-order valence-electron chi connectivity index (χ0n) is 11.0. The Labute approximate surface area is 116 Å². The fourth-order valence-corrected chi connectivity index (χ4v) is 1.95. The van der Waals surface area contributed by atoms with Gasteiger partial charge >= 0.3 is 0 Å². The lowest BCUT2D eigenvalue weighted by molar-refractivity contribution is 0.600. The van der Waals surface area contributed by atoms with Gasteiger partial charge in [-0.2, -0.15) is 0 Å². The van der Waals surface area contributed by atoms with Gasteiger partial charge in [-0.3, -0.25) is 5.41 Å². The van der Waals surface area contributed by atoms with E-state index in [9.17, 15) is 8.78 Å². The van der Waals surface area contributed by atoms with Gasteiger partial charge in [0, 0.05) is 24.7 Å². The van der Waals surface area contributed by atoms with Crippen molar-refractivity contribution < 1.29 is 8.78 Å². The maximum absolute atomic E-state index is 13.9. The Morgan fingerprint density at radius 1 is 1.15 bits per heavy atom. The second kappa shape index (κ2) is 5.69. The van der Waals surface area contributed by atoms with Crippen LogP contribution < -0.4 is 10.6 Å². The Morgan fingerprint density at radius 3 is 2.45 bits per heavy atom. The summed E-state index contributed by atoms with van der Waals surface area (Å²) in [5.41, 5.74) is 6.46. The minimum Gasteiger partial charge on any atom is -0.384 e. The maximum Gasteiger partial charge on any atom is 0.146 e. The van der Waals surface area contributed by atoms with Crippen LogP contribution in [-0.4, -0.2) is 12.9 Å². The highest BCUT2D eigenvalue weighted by Crippen LogP contribution is 2.20. The van der Waals surface area contributed by atoms with Crippen LogP contribution in [0.1, 0.15) is 11.1 Å². The molecule has 0 amide bonds. The van der Waals surface area contributed by atoms with E-state index in [1.165, 1.54) is 12.1 Å². The summed E-state index contributed by atoms with van der Waals surface area (Å²) in [6.45, 7) is 0.227. The summed E-state index contributed by atoms with van der Waals surface area (Å²) < 4.78 is 27.5. The molecule has 3 N–H and O–H groups in total. The first-order valence-electron chi connectivity index (χ1n) is 6.07. The average Bonchev–Trinajstić information content (AvgIpc) is 2.41. The van der Waals surface area contributed by atoms with Gasteiger partial charge in [-0.1, -0.05) is 24.3 Å². The van der Waals surface area contributed by atoms with Crippen LogP contribution >= 0.6 is 0 Å². The number of benzene rings is 2. The maximum atomic E-state index is 13.9. The molecule has 0 aromatic heterocycles. The minimum absolute atomic E-state index is 0.182. The van der Waals surface area contributed by atoms with Crippen LogP contribution in [-0.2, 0) is 6.54 Å². The van der Waals surface area contributed by atoms with Crippen molar-refractivity contribution >= 4 is 11.5 Å². The first-order valence-corrected chi connectivity index (χ1v) is 6.07. The summed E-state index contributed by atoms with van der Waals surface area (Å²) in [6.07, 6.45) is 0. The second-order valence-electron chi connectivity index (χ2n) is 4.53. The number of nitrogens with zero attached hydrogens (tertiary/aromatic N) is 1. The number of nitrogens with two attached hydrogens (primary N) is 1.